The lowest BCUT2D eigenvalue weighted by Gasteiger charge is -2.26. The molecule has 1 aliphatic rings. The summed E-state index contributed by atoms with van der Waals surface area (Å²) in [5.41, 5.74) is -0.559. The van der Waals surface area contributed by atoms with Crippen molar-refractivity contribution < 1.29 is 13.2 Å². The second-order valence-electron chi connectivity index (χ2n) is 5.81. The zero-order chi connectivity index (χ0) is 16.6. The zero-order valence-corrected chi connectivity index (χ0v) is 13.0. The molecule has 8 heteroatoms. The van der Waals surface area contributed by atoms with Crippen LogP contribution in [0.15, 0.2) is 18.5 Å². The van der Waals surface area contributed by atoms with Crippen molar-refractivity contribution in [2.24, 2.45) is 0 Å². The van der Waals surface area contributed by atoms with Crippen LogP contribution in [0.5, 0.6) is 0 Å². The van der Waals surface area contributed by atoms with Crippen LogP contribution in [-0.2, 0) is 12.7 Å². The van der Waals surface area contributed by atoms with Gasteiger partial charge < -0.3 is 9.47 Å². The lowest BCUT2D eigenvalue weighted by Crippen LogP contribution is -2.35. The van der Waals surface area contributed by atoms with Gasteiger partial charge in [0.25, 0.3) is 0 Å². The van der Waals surface area contributed by atoms with Gasteiger partial charge in [-0.3, -0.25) is 0 Å². The summed E-state index contributed by atoms with van der Waals surface area (Å²) >= 11 is 0. The van der Waals surface area contributed by atoms with Crippen LogP contribution in [-0.4, -0.2) is 32.1 Å². The first-order chi connectivity index (χ1) is 10.8. The van der Waals surface area contributed by atoms with E-state index in [1.807, 2.05) is 22.6 Å². The van der Waals surface area contributed by atoms with Crippen LogP contribution >= 0.6 is 0 Å². The third-order valence-electron chi connectivity index (χ3n) is 4.10. The third kappa shape index (κ3) is 3.30. The molecule has 3 heterocycles. The predicted octanol–water partition coefficient (Wildman–Crippen LogP) is 2.98. The van der Waals surface area contributed by atoms with Gasteiger partial charge in [-0.25, -0.2) is 15.0 Å². The first kappa shape index (κ1) is 15.8. The summed E-state index contributed by atoms with van der Waals surface area (Å²) in [5.74, 6) is 1.05. The van der Waals surface area contributed by atoms with Gasteiger partial charge in [-0.1, -0.05) is 0 Å². The van der Waals surface area contributed by atoms with E-state index < -0.39 is 11.9 Å². The van der Waals surface area contributed by atoms with Crippen LogP contribution in [0.2, 0.25) is 0 Å². The van der Waals surface area contributed by atoms with E-state index in [2.05, 4.69) is 15.0 Å². The molecule has 0 amide bonds. The summed E-state index contributed by atoms with van der Waals surface area (Å²) in [4.78, 5) is 14.0. The average molecular weight is 325 g/mol. The van der Waals surface area contributed by atoms with Gasteiger partial charge in [0, 0.05) is 37.2 Å². The van der Waals surface area contributed by atoms with E-state index >= 15 is 0 Å². The Bertz CT molecular complexity index is 695. The molecule has 1 saturated heterocycles. The molecule has 124 valence electrons. The SMILES string of the molecule is Cc1cc(C(F)(F)F)nc(N2CCCC2Cn2ccnc2C)n1. The molecule has 1 fully saturated rings. The maximum Gasteiger partial charge on any atom is 0.433 e. The molecule has 0 aromatic carbocycles. The van der Waals surface area contributed by atoms with Crippen molar-refractivity contribution in [1.82, 2.24) is 19.5 Å². The van der Waals surface area contributed by atoms with Gasteiger partial charge in [-0.05, 0) is 32.8 Å². The smallest absolute Gasteiger partial charge is 0.336 e. The molecule has 5 nitrogen and oxygen atoms in total. The van der Waals surface area contributed by atoms with Gasteiger partial charge >= 0.3 is 6.18 Å². The number of anilines is 1. The minimum Gasteiger partial charge on any atom is -0.336 e. The predicted molar refractivity (Wildman–Crippen MR) is 79.1 cm³/mol. The van der Waals surface area contributed by atoms with E-state index in [4.69, 9.17) is 0 Å². The standard InChI is InChI=1S/C15H18F3N5/c1-10-8-13(15(16,17)18)21-14(20-10)23-6-3-4-12(23)9-22-7-5-19-11(22)2/h5,7-8,12H,3-4,6,9H2,1-2H3. The molecule has 0 saturated carbocycles. The van der Waals surface area contributed by atoms with Gasteiger partial charge in [-0.15, -0.1) is 0 Å². The van der Waals surface area contributed by atoms with E-state index in [0.717, 1.165) is 24.7 Å². The van der Waals surface area contributed by atoms with E-state index in [0.29, 0.717) is 18.8 Å². The summed E-state index contributed by atoms with van der Waals surface area (Å²) < 4.78 is 40.9. The van der Waals surface area contributed by atoms with Crippen molar-refractivity contribution in [3.05, 3.63) is 35.7 Å². The van der Waals surface area contributed by atoms with Crippen molar-refractivity contribution in [1.29, 1.82) is 0 Å². The fraction of sp³-hybridized carbons (Fsp3) is 0.533. The molecule has 1 unspecified atom stereocenters. The number of nitrogens with zero attached hydrogens (tertiary/aromatic N) is 5. The minimum atomic E-state index is -4.46. The lowest BCUT2D eigenvalue weighted by atomic mass is 10.2. The van der Waals surface area contributed by atoms with Gasteiger partial charge in [0.2, 0.25) is 5.95 Å². The molecule has 3 rings (SSSR count). The molecule has 0 aliphatic carbocycles. The molecule has 2 aromatic rings. The maximum atomic E-state index is 13.0. The molecule has 0 bridgehead atoms. The Hall–Kier alpha value is -2.12. The van der Waals surface area contributed by atoms with E-state index in [-0.39, 0.29) is 12.0 Å². The van der Waals surface area contributed by atoms with Crippen molar-refractivity contribution in [2.45, 2.75) is 45.5 Å². The maximum absolute atomic E-state index is 13.0. The summed E-state index contributed by atoms with van der Waals surface area (Å²) in [5, 5.41) is 0. The first-order valence-electron chi connectivity index (χ1n) is 7.52. The lowest BCUT2D eigenvalue weighted by molar-refractivity contribution is -0.141. The third-order valence-corrected chi connectivity index (χ3v) is 4.10. The Morgan fingerprint density at radius 3 is 2.70 bits per heavy atom. The monoisotopic (exact) mass is 325 g/mol. The van der Waals surface area contributed by atoms with Crippen molar-refractivity contribution in [2.75, 3.05) is 11.4 Å². The highest BCUT2D eigenvalue weighted by atomic mass is 19.4. The number of halogens is 3. The highest BCUT2D eigenvalue weighted by Crippen LogP contribution is 2.31. The Kier molecular flexibility index (Phi) is 3.99. The van der Waals surface area contributed by atoms with Gasteiger partial charge in [-0.2, -0.15) is 13.2 Å². The second kappa shape index (κ2) is 5.82. The molecular weight excluding hydrogens is 307 g/mol. The number of aromatic nitrogens is 4. The van der Waals surface area contributed by atoms with Gasteiger partial charge in [0.15, 0.2) is 0 Å². The van der Waals surface area contributed by atoms with Gasteiger partial charge in [0.1, 0.15) is 11.5 Å². The molecule has 0 N–H and O–H groups in total. The summed E-state index contributed by atoms with van der Waals surface area (Å²) in [7, 11) is 0. The van der Waals surface area contributed by atoms with Crippen LogP contribution in [0, 0.1) is 13.8 Å². The van der Waals surface area contributed by atoms with Crippen LogP contribution < -0.4 is 4.90 Å². The van der Waals surface area contributed by atoms with Gasteiger partial charge in [0.05, 0.1) is 0 Å². The normalized spacial score (nSPS) is 18.7. The molecule has 0 radical (unpaired) electrons. The minimum absolute atomic E-state index is 0.0748. The second-order valence-corrected chi connectivity index (χ2v) is 5.81. The number of alkyl halides is 3. The quantitative estimate of drug-likeness (QED) is 0.870. The molecular formula is C15H18F3N5. The number of imidazole rings is 1. The average Bonchev–Trinajstić information content (AvgIpc) is 3.08. The van der Waals surface area contributed by atoms with Crippen LogP contribution in [0.25, 0.3) is 0 Å². The number of rotatable bonds is 3. The van der Waals surface area contributed by atoms with Crippen molar-refractivity contribution in [3.63, 3.8) is 0 Å². The topological polar surface area (TPSA) is 46.8 Å². The van der Waals surface area contributed by atoms with E-state index in [9.17, 15) is 13.2 Å². The molecule has 1 atom stereocenters. The fourth-order valence-electron chi connectivity index (χ4n) is 2.94. The Balaban J connectivity index is 1.88. The van der Waals surface area contributed by atoms with Crippen LogP contribution in [0.3, 0.4) is 0 Å². The van der Waals surface area contributed by atoms with E-state index in [1.165, 1.54) is 0 Å². The highest BCUT2D eigenvalue weighted by molar-refractivity contribution is 5.36. The van der Waals surface area contributed by atoms with Crippen LogP contribution in [0.1, 0.15) is 30.1 Å². The highest BCUT2D eigenvalue weighted by Gasteiger charge is 2.35. The Labute approximate surface area is 132 Å². The number of hydrogen-bond acceptors (Lipinski definition) is 4. The zero-order valence-electron chi connectivity index (χ0n) is 13.0. The van der Waals surface area contributed by atoms with E-state index in [1.54, 1.807) is 13.1 Å². The summed E-state index contributed by atoms with van der Waals surface area (Å²) in [6, 6.07) is 1.06. The molecule has 2 aromatic heterocycles. The largest absolute Gasteiger partial charge is 0.433 e. The van der Waals surface area contributed by atoms with Crippen molar-refractivity contribution in [3.8, 4) is 0 Å². The molecule has 23 heavy (non-hydrogen) atoms. The molecule has 0 spiro atoms. The fourth-order valence-corrected chi connectivity index (χ4v) is 2.94. The number of aryl methyl sites for hydroxylation is 2. The van der Waals surface area contributed by atoms with Crippen molar-refractivity contribution >= 4 is 5.95 Å². The first-order valence-corrected chi connectivity index (χ1v) is 7.52. The summed E-state index contributed by atoms with van der Waals surface area (Å²) in [6.07, 6.45) is 0.954. The Morgan fingerprint density at radius 1 is 1.26 bits per heavy atom. The molecule has 1 aliphatic heterocycles. The number of hydrogen-bond donors (Lipinski definition) is 0. The van der Waals surface area contributed by atoms with Crippen LogP contribution in [0.4, 0.5) is 19.1 Å². The summed E-state index contributed by atoms with van der Waals surface area (Å²) in [6.45, 7) is 4.80. The Morgan fingerprint density at radius 2 is 2.04 bits per heavy atom.